The van der Waals surface area contributed by atoms with Crippen molar-refractivity contribution in [1.29, 1.82) is 0 Å². The van der Waals surface area contributed by atoms with Gasteiger partial charge in [0.1, 0.15) is 6.10 Å². The van der Waals surface area contributed by atoms with Gasteiger partial charge in [-0.25, -0.2) is 4.98 Å². The first kappa shape index (κ1) is 13.1. The summed E-state index contributed by atoms with van der Waals surface area (Å²) in [5, 5.41) is 0. The lowest BCUT2D eigenvalue weighted by Crippen LogP contribution is -2.29. The van der Waals surface area contributed by atoms with Crippen molar-refractivity contribution >= 4 is 5.78 Å². The lowest BCUT2D eigenvalue weighted by molar-refractivity contribution is 0.0912. The number of ketones is 1. The molecule has 1 aromatic rings. The van der Waals surface area contributed by atoms with E-state index in [1.165, 1.54) is 6.42 Å². The Morgan fingerprint density at radius 3 is 2.56 bits per heavy atom. The maximum absolute atomic E-state index is 11.5. The van der Waals surface area contributed by atoms with Crippen LogP contribution in [-0.2, 0) is 0 Å². The van der Waals surface area contributed by atoms with E-state index < -0.39 is 0 Å². The Balaban J connectivity index is 2.11. The van der Waals surface area contributed by atoms with E-state index in [0.29, 0.717) is 23.3 Å². The third-order valence-electron chi connectivity index (χ3n) is 3.56. The fourth-order valence-electron chi connectivity index (χ4n) is 2.88. The van der Waals surface area contributed by atoms with Gasteiger partial charge in [-0.3, -0.25) is 4.79 Å². The number of ether oxygens (including phenoxy) is 1. The van der Waals surface area contributed by atoms with Crippen LogP contribution in [0.2, 0.25) is 0 Å². The number of nitrogens with zero attached hydrogens (tertiary/aromatic N) is 1. The van der Waals surface area contributed by atoms with Gasteiger partial charge in [0.2, 0.25) is 5.88 Å². The summed E-state index contributed by atoms with van der Waals surface area (Å²) >= 11 is 0. The van der Waals surface area contributed by atoms with E-state index in [0.717, 1.165) is 12.8 Å². The van der Waals surface area contributed by atoms with Gasteiger partial charge in [-0.2, -0.15) is 0 Å². The molecule has 3 heteroatoms. The van der Waals surface area contributed by atoms with Crippen LogP contribution in [0.4, 0.5) is 0 Å². The van der Waals surface area contributed by atoms with Gasteiger partial charge in [-0.05, 0) is 50.2 Å². The fraction of sp³-hybridized carbons (Fsp3) is 0.600. The van der Waals surface area contributed by atoms with E-state index in [4.69, 9.17) is 4.74 Å². The first-order valence-electron chi connectivity index (χ1n) is 6.69. The second kappa shape index (κ2) is 5.51. The smallest absolute Gasteiger partial charge is 0.224 e. The minimum absolute atomic E-state index is 0.00927. The highest BCUT2D eigenvalue weighted by atomic mass is 16.5. The van der Waals surface area contributed by atoms with Crippen molar-refractivity contribution < 1.29 is 9.53 Å². The SMILES string of the molecule is CC(=O)c1cccnc1OC1CC(C)CC(C)C1. The summed E-state index contributed by atoms with van der Waals surface area (Å²) in [6.45, 7) is 6.07. The normalized spacial score (nSPS) is 27.8. The molecular weight excluding hydrogens is 226 g/mol. The van der Waals surface area contributed by atoms with Gasteiger partial charge in [0.25, 0.3) is 0 Å². The number of carbonyl (C=O) groups excluding carboxylic acids is 1. The van der Waals surface area contributed by atoms with Gasteiger partial charge >= 0.3 is 0 Å². The van der Waals surface area contributed by atoms with Gasteiger partial charge in [0.15, 0.2) is 5.78 Å². The van der Waals surface area contributed by atoms with Crippen molar-refractivity contribution in [2.45, 2.75) is 46.1 Å². The molecule has 3 nitrogen and oxygen atoms in total. The Morgan fingerprint density at radius 1 is 1.28 bits per heavy atom. The van der Waals surface area contributed by atoms with Crippen LogP contribution in [0.1, 0.15) is 50.4 Å². The molecule has 0 radical (unpaired) electrons. The third-order valence-corrected chi connectivity index (χ3v) is 3.56. The molecule has 1 heterocycles. The van der Waals surface area contributed by atoms with Gasteiger partial charge in [0, 0.05) is 6.20 Å². The zero-order valence-electron chi connectivity index (χ0n) is 11.3. The maximum Gasteiger partial charge on any atom is 0.224 e. The molecule has 1 aliphatic rings. The topological polar surface area (TPSA) is 39.2 Å². The minimum atomic E-state index is 0.00927. The summed E-state index contributed by atoms with van der Waals surface area (Å²) in [6, 6.07) is 3.55. The lowest BCUT2D eigenvalue weighted by Gasteiger charge is -2.31. The molecule has 2 rings (SSSR count). The average molecular weight is 247 g/mol. The van der Waals surface area contributed by atoms with Crippen molar-refractivity contribution in [2.24, 2.45) is 11.8 Å². The van der Waals surface area contributed by atoms with Crippen molar-refractivity contribution in [3.63, 3.8) is 0 Å². The predicted octanol–water partition coefficient (Wildman–Crippen LogP) is 3.49. The molecule has 1 aliphatic carbocycles. The highest BCUT2D eigenvalue weighted by molar-refractivity contribution is 5.96. The highest BCUT2D eigenvalue weighted by Crippen LogP contribution is 2.31. The molecule has 0 amide bonds. The Kier molecular flexibility index (Phi) is 4.00. The maximum atomic E-state index is 11.5. The van der Waals surface area contributed by atoms with Crippen LogP contribution in [0.3, 0.4) is 0 Å². The van der Waals surface area contributed by atoms with E-state index in [1.807, 2.05) is 0 Å². The number of hydrogen-bond donors (Lipinski definition) is 0. The Bertz CT molecular complexity index is 420. The number of rotatable bonds is 3. The number of aromatic nitrogens is 1. The van der Waals surface area contributed by atoms with Crippen LogP contribution in [-0.4, -0.2) is 16.9 Å². The van der Waals surface area contributed by atoms with E-state index in [-0.39, 0.29) is 11.9 Å². The van der Waals surface area contributed by atoms with Crippen LogP contribution in [0, 0.1) is 11.8 Å². The average Bonchev–Trinajstić information content (AvgIpc) is 2.27. The van der Waals surface area contributed by atoms with Crippen LogP contribution in [0.25, 0.3) is 0 Å². The Labute approximate surface area is 109 Å². The second-order valence-electron chi connectivity index (χ2n) is 5.57. The molecular formula is C15H21NO2. The number of pyridine rings is 1. The van der Waals surface area contributed by atoms with Crippen molar-refractivity contribution in [3.05, 3.63) is 23.9 Å². The lowest BCUT2D eigenvalue weighted by atomic mass is 9.82. The summed E-state index contributed by atoms with van der Waals surface area (Å²) in [5.41, 5.74) is 0.586. The summed E-state index contributed by atoms with van der Waals surface area (Å²) in [6.07, 6.45) is 5.24. The quantitative estimate of drug-likeness (QED) is 0.767. The van der Waals surface area contributed by atoms with E-state index >= 15 is 0 Å². The highest BCUT2D eigenvalue weighted by Gasteiger charge is 2.26. The van der Waals surface area contributed by atoms with Crippen LogP contribution < -0.4 is 4.74 Å². The second-order valence-corrected chi connectivity index (χ2v) is 5.57. The van der Waals surface area contributed by atoms with E-state index in [9.17, 15) is 4.79 Å². The Morgan fingerprint density at radius 2 is 1.94 bits per heavy atom. The molecule has 2 atom stereocenters. The molecule has 1 aromatic heterocycles. The van der Waals surface area contributed by atoms with E-state index in [1.54, 1.807) is 25.3 Å². The predicted molar refractivity (Wildman–Crippen MR) is 70.8 cm³/mol. The standard InChI is InChI=1S/C15H21NO2/c1-10-7-11(2)9-13(8-10)18-15-14(12(3)17)5-4-6-16-15/h4-6,10-11,13H,7-9H2,1-3H3. The summed E-state index contributed by atoms with van der Waals surface area (Å²) in [5.74, 6) is 1.87. The number of hydrogen-bond acceptors (Lipinski definition) is 3. The van der Waals surface area contributed by atoms with Gasteiger partial charge < -0.3 is 4.74 Å². The number of Topliss-reactive ketones (excluding diaryl/α,β-unsaturated/α-hetero) is 1. The molecule has 18 heavy (non-hydrogen) atoms. The van der Waals surface area contributed by atoms with Crippen LogP contribution in [0.5, 0.6) is 5.88 Å². The zero-order valence-corrected chi connectivity index (χ0v) is 11.3. The molecule has 1 saturated carbocycles. The molecule has 0 saturated heterocycles. The molecule has 0 bridgehead atoms. The van der Waals surface area contributed by atoms with Crippen LogP contribution >= 0.6 is 0 Å². The third kappa shape index (κ3) is 3.09. The monoisotopic (exact) mass is 247 g/mol. The molecule has 0 spiro atoms. The molecule has 2 unspecified atom stereocenters. The molecule has 0 N–H and O–H groups in total. The summed E-state index contributed by atoms with van der Waals surface area (Å²) in [4.78, 5) is 15.7. The minimum Gasteiger partial charge on any atom is -0.474 e. The molecule has 1 fully saturated rings. The summed E-state index contributed by atoms with van der Waals surface area (Å²) < 4.78 is 5.96. The van der Waals surface area contributed by atoms with Crippen molar-refractivity contribution in [1.82, 2.24) is 4.98 Å². The Hall–Kier alpha value is -1.38. The molecule has 0 aliphatic heterocycles. The summed E-state index contributed by atoms with van der Waals surface area (Å²) in [7, 11) is 0. The fourth-order valence-corrected chi connectivity index (χ4v) is 2.88. The van der Waals surface area contributed by atoms with Gasteiger partial charge in [-0.1, -0.05) is 13.8 Å². The van der Waals surface area contributed by atoms with Gasteiger partial charge in [0.05, 0.1) is 5.56 Å². The first-order valence-corrected chi connectivity index (χ1v) is 6.69. The van der Waals surface area contributed by atoms with Crippen LogP contribution in [0.15, 0.2) is 18.3 Å². The molecule has 98 valence electrons. The largest absolute Gasteiger partial charge is 0.474 e. The zero-order chi connectivity index (χ0) is 13.1. The number of carbonyl (C=O) groups is 1. The van der Waals surface area contributed by atoms with Gasteiger partial charge in [-0.15, -0.1) is 0 Å². The van der Waals surface area contributed by atoms with Crippen molar-refractivity contribution in [2.75, 3.05) is 0 Å². The van der Waals surface area contributed by atoms with Crippen molar-refractivity contribution in [3.8, 4) is 5.88 Å². The van der Waals surface area contributed by atoms with E-state index in [2.05, 4.69) is 18.8 Å². The molecule has 0 aromatic carbocycles. The first-order chi connectivity index (χ1) is 8.56.